The van der Waals surface area contributed by atoms with Gasteiger partial charge in [0.2, 0.25) is 5.95 Å². The smallest absolute Gasteiger partial charge is 0.205 e. The number of aryl methyl sites for hydroxylation is 1. The number of nitrogen functional groups attached to an aromatic ring is 1. The lowest BCUT2D eigenvalue weighted by molar-refractivity contribution is 1.08. The van der Waals surface area contributed by atoms with Crippen molar-refractivity contribution in [2.75, 3.05) is 5.73 Å². The van der Waals surface area contributed by atoms with E-state index in [1.807, 2.05) is 28.8 Å². The van der Waals surface area contributed by atoms with Crippen molar-refractivity contribution < 1.29 is 0 Å². The highest BCUT2D eigenvalue weighted by Gasteiger charge is 2.12. The van der Waals surface area contributed by atoms with Gasteiger partial charge in [-0.2, -0.15) is 0 Å². The highest BCUT2D eigenvalue weighted by Crippen LogP contribution is 2.29. The minimum atomic E-state index is 0.516. The van der Waals surface area contributed by atoms with Crippen molar-refractivity contribution in [3.8, 4) is 5.69 Å². The maximum Gasteiger partial charge on any atom is 0.205 e. The van der Waals surface area contributed by atoms with Gasteiger partial charge in [-0.3, -0.25) is 4.57 Å². The molecule has 0 unspecified atom stereocenters. The van der Waals surface area contributed by atoms with Crippen LogP contribution in [0.15, 0.2) is 40.9 Å². The number of hydrogen-bond donors (Lipinski definition) is 1. The Kier molecular flexibility index (Phi) is 2.82. The van der Waals surface area contributed by atoms with Crippen LogP contribution in [0.4, 0.5) is 5.95 Å². The maximum absolute atomic E-state index is 6.09. The molecule has 0 bridgehead atoms. The number of aromatic nitrogens is 2. The Bertz CT molecular complexity index is 774. The van der Waals surface area contributed by atoms with Crippen LogP contribution in [0.25, 0.3) is 16.7 Å². The number of hydrogen-bond acceptors (Lipinski definition) is 2. The Balaban J connectivity index is 2.39. The van der Waals surface area contributed by atoms with Crippen LogP contribution in [-0.4, -0.2) is 9.55 Å². The van der Waals surface area contributed by atoms with Crippen LogP contribution in [0, 0.1) is 13.8 Å². The summed E-state index contributed by atoms with van der Waals surface area (Å²) in [5.74, 6) is 0.516. The second-order valence-electron chi connectivity index (χ2n) is 4.68. The van der Waals surface area contributed by atoms with Crippen LogP contribution in [0.1, 0.15) is 11.1 Å². The molecule has 0 aliphatic carbocycles. The summed E-state index contributed by atoms with van der Waals surface area (Å²) < 4.78 is 3.07. The highest BCUT2D eigenvalue weighted by atomic mass is 79.9. The van der Waals surface area contributed by atoms with E-state index in [9.17, 15) is 0 Å². The molecule has 0 amide bonds. The van der Waals surface area contributed by atoms with Gasteiger partial charge < -0.3 is 5.73 Å². The third-order valence-electron chi connectivity index (χ3n) is 3.32. The van der Waals surface area contributed by atoms with Gasteiger partial charge in [0.25, 0.3) is 0 Å². The first-order chi connectivity index (χ1) is 9.08. The zero-order valence-electron chi connectivity index (χ0n) is 10.8. The van der Waals surface area contributed by atoms with Crippen molar-refractivity contribution in [3.05, 3.63) is 52.0 Å². The summed E-state index contributed by atoms with van der Waals surface area (Å²) in [6.45, 7) is 4.14. The van der Waals surface area contributed by atoms with E-state index in [4.69, 9.17) is 5.73 Å². The van der Waals surface area contributed by atoms with Gasteiger partial charge in [0.05, 0.1) is 16.7 Å². The van der Waals surface area contributed by atoms with Crippen molar-refractivity contribution in [3.63, 3.8) is 0 Å². The van der Waals surface area contributed by atoms with Crippen molar-refractivity contribution in [1.29, 1.82) is 0 Å². The van der Waals surface area contributed by atoms with Gasteiger partial charge >= 0.3 is 0 Å². The molecule has 4 heteroatoms. The van der Waals surface area contributed by atoms with Crippen molar-refractivity contribution in [2.45, 2.75) is 13.8 Å². The number of nitrogens with two attached hydrogens (primary N) is 1. The van der Waals surface area contributed by atoms with Gasteiger partial charge in [0, 0.05) is 4.47 Å². The monoisotopic (exact) mass is 315 g/mol. The van der Waals surface area contributed by atoms with Gasteiger partial charge in [0.15, 0.2) is 0 Å². The number of fused-ring (bicyclic) bond motifs is 1. The molecule has 0 saturated carbocycles. The van der Waals surface area contributed by atoms with E-state index >= 15 is 0 Å². The largest absolute Gasteiger partial charge is 0.369 e. The van der Waals surface area contributed by atoms with E-state index in [-0.39, 0.29) is 0 Å². The van der Waals surface area contributed by atoms with Gasteiger partial charge in [-0.05, 0) is 49.2 Å². The molecule has 2 N–H and O–H groups in total. The average molecular weight is 316 g/mol. The van der Waals surface area contributed by atoms with Gasteiger partial charge in [-0.15, -0.1) is 0 Å². The fourth-order valence-electron chi connectivity index (χ4n) is 2.30. The molecule has 1 heterocycles. The zero-order valence-corrected chi connectivity index (χ0v) is 12.4. The highest BCUT2D eigenvalue weighted by molar-refractivity contribution is 9.10. The minimum Gasteiger partial charge on any atom is -0.369 e. The Labute approximate surface area is 120 Å². The topological polar surface area (TPSA) is 43.8 Å². The first-order valence-electron chi connectivity index (χ1n) is 6.08. The molecule has 3 aromatic rings. The van der Waals surface area contributed by atoms with Crippen molar-refractivity contribution in [2.24, 2.45) is 0 Å². The fraction of sp³-hybridized carbons (Fsp3) is 0.133. The molecule has 0 saturated heterocycles. The summed E-state index contributed by atoms with van der Waals surface area (Å²) in [6, 6.07) is 12.3. The van der Waals surface area contributed by atoms with Gasteiger partial charge in [0.1, 0.15) is 0 Å². The number of benzene rings is 2. The standard InChI is InChI=1S/C15H14BrN3/c1-9-6-7-12-14(8-9)19(15(17)18-12)13-5-3-4-11(16)10(13)2/h3-8H,1-2H3,(H2,17,18). The molecule has 3 rings (SSSR count). The van der Waals surface area contributed by atoms with Crippen LogP contribution in [-0.2, 0) is 0 Å². The second kappa shape index (κ2) is 4.38. The summed E-state index contributed by atoms with van der Waals surface area (Å²) in [4.78, 5) is 4.43. The maximum atomic E-state index is 6.09. The van der Waals surface area contributed by atoms with Gasteiger partial charge in [-0.1, -0.05) is 28.1 Å². The molecule has 0 spiro atoms. The Morgan fingerprint density at radius 2 is 1.95 bits per heavy atom. The van der Waals surface area contributed by atoms with Gasteiger partial charge in [-0.25, -0.2) is 4.98 Å². The van der Waals surface area contributed by atoms with Crippen molar-refractivity contribution >= 4 is 32.9 Å². The van der Waals surface area contributed by atoms with Crippen LogP contribution in [0.2, 0.25) is 0 Å². The lowest BCUT2D eigenvalue weighted by Gasteiger charge is -2.11. The zero-order chi connectivity index (χ0) is 13.6. The fourth-order valence-corrected chi connectivity index (χ4v) is 2.65. The van der Waals surface area contributed by atoms with E-state index in [0.717, 1.165) is 26.8 Å². The predicted molar refractivity (Wildman–Crippen MR) is 82.7 cm³/mol. The first kappa shape index (κ1) is 12.2. The average Bonchev–Trinajstić information content (AvgIpc) is 2.69. The number of imidazole rings is 1. The normalized spacial score (nSPS) is 11.1. The Morgan fingerprint density at radius 1 is 1.16 bits per heavy atom. The molecule has 1 aromatic heterocycles. The van der Waals surface area contributed by atoms with E-state index in [1.165, 1.54) is 5.56 Å². The first-order valence-corrected chi connectivity index (χ1v) is 6.87. The molecule has 0 atom stereocenters. The van der Waals surface area contributed by atoms with Crippen LogP contribution in [0.3, 0.4) is 0 Å². The SMILES string of the molecule is Cc1ccc2nc(N)n(-c3cccc(Br)c3C)c2c1. The molecule has 0 aliphatic heterocycles. The summed E-state index contributed by atoms with van der Waals surface area (Å²) in [5, 5.41) is 0. The predicted octanol–water partition coefficient (Wildman–Crippen LogP) is 3.99. The molecule has 0 radical (unpaired) electrons. The molecule has 3 nitrogen and oxygen atoms in total. The summed E-state index contributed by atoms with van der Waals surface area (Å²) >= 11 is 3.56. The summed E-state index contributed by atoms with van der Waals surface area (Å²) in [5.41, 5.74) is 11.4. The minimum absolute atomic E-state index is 0.516. The Hall–Kier alpha value is -1.81. The number of anilines is 1. The number of nitrogens with zero attached hydrogens (tertiary/aromatic N) is 2. The molecular weight excluding hydrogens is 302 g/mol. The van der Waals surface area contributed by atoms with E-state index in [2.05, 4.69) is 46.9 Å². The van der Waals surface area contributed by atoms with E-state index in [1.54, 1.807) is 0 Å². The lowest BCUT2D eigenvalue weighted by atomic mass is 10.2. The van der Waals surface area contributed by atoms with E-state index < -0.39 is 0 Å². The third-order valence-corrected chi connectivity index (χ3v) is 4.18. The summed E-state index contributed by atoms with van der Waals surface area (Å²) in [7, 11) is 0. The summed E-state index contributed by atoms with van der Waals surface area (Å²) in [6.07, 6.45) is 0. The third kappa shape index (κ3) is 1.92. The molecular formula is C15H14BrN3. The van der Waals surface area contributed by atoms with Crippen LogP contribution >= 0.6 is 15.9 Å². The molecule has 19 heavy (non-hydrogen) atoms. The molecule has 0 aliphatic rings. The number of rotatable bonds is 1. The molecule has 0 fully saturated rings. The molecule has 96 valence electrons. The van der Waals surface area contributed by atoms with E-state index in [0.29, 0.717) is 5.95 Å². The van der Waals surface area contributed by atoms with Crippen molar-refractivity contribution in [1.82, 2.24) is 9.55 Å². The van der Waals surface area contributed by atoms with Crippen LogP contribution < -0.4 is 5.73 Å². The Morgan fingerprint density at radius 3 is 2.74 bits per heavy atom. The van der Waals surface area contributed by atoms with Crippen LogP contribution in [0.5, 0.6) is 0 Å². The second-order valence-corrected chi connectivity index (χ2v) is 5.54. The molecule has 2 aromatic carbocycles. The number of halogens is 1. The quantitative estimate of drug-likeness (QED) is 0.738. The lowest BCUT2D eigenvalue weighted by Crippen LogP contribution is -2.02.